The van der Waals surface area contributed by atoms with Gasteiger partial charge in [0.2, 0.25) is 0 Å². The Bertz CT molecular complexity index is 135. The van der Waals surface area contributed by atoms with E-state index in [1.54, 1.807) is 0 Å². The minimum Gasteiger partial charge on any atom is -0.433 e. The van der Waals surface area contributed by atoms with Crippen molar-refractivity contribution < 1.29 is 19.5 Å². The van der Waals surface area contributed by atoms with Crippen LogP contribution in [0, 0.1) is 0 Å². The van der Waals surface area contributed by atoms with Gasteiger partial charge in [-0.2, -0.15) is 5.06 Å². The molecule has 0 saturated heterocycles. The monoisotopic (exact) mass is 161 g/mol. The molecule has 0 aromatic carbocycles. The van der Waals surface area contributed by atoms with Crippen molar-refractivity contribution in [1.29, 1.82) is 0 Å². The molecule has 0 unspecified atom stereocenters. The average molecular weight is 161 g/mol. The Labute approximate surface area is 64.8 Å². The first-order chi connectivity index (χ1) is 5.16. The maximum absolute atomic E-state index is 10.5. The van der Waals surface area contributed by atoms with E-state index < -0.39 is 5.97 Å². The van der Waals surface area contributed by atoms with Gasteiger partial charge in [0.15, 0.2) is 0 Å². The van der Waals surface area contributed by atoms with Crippen molar-refractivity contribution in [3.05, 3.63) is 12.8 Å². The quantitative estimate of drug-likeness (QED) is 0.265. The molecule has 64 valence electrons. The predicted octanol–water partition coefficient (Wildman–Crippen LogP) is -0.0318. The fourth-order valence-electron chi connectivity index (χ4n) is 0.388. The van der Waals surface area contributed by atoms with Crippen molar-refractivity contribution >= 4 is 5.97 Å². The molecule has 0 aromatic heterocycles. The van der Waals surface area contributed by atoms with Gasteiger partial charge in [-0.25, -0.2) is 4.79 Å². The molecular formula is C6H11NO4. The third-order valence-electron chi connectivity index (χ3n) is 0.713. The maximum atomic E-state index is 10.5. The van der Waals surface area contributed by atoms with E-state index in [1.165, 1.54) is 7.05 Å². The molecule has 0 fully saturated rings. The van der Waals surface area contributed by atoms with Gasteiger partial charge >= 0.3 is 5.97 Å². The van der Waals surface area contributed by atoms with Crippen LogP contribution in [0.25, 0.3) is 0 Å². The summed E-state index contributed by atoms with van der Waals surface area (Å²) in [6.07, 6.45) is 1.02. The molecule has 0 atom stereocenters. The molecule has 0 aromatic rings. The Morgan fingerprint density at radius 1 is 1.82 bits per heavy atom. The van der Waals surface area contributed by atoms with Crippen LogP contribution in [0.4, 0.5) is 0 Å². The van der Waals surface area contributed by atoms with Crippen LogP contribution in [0.5, 0.6) is 0 Å². The number of nitrogens with zero attached hydrogens (tertiary/aromatic N) is 1. The summed E-state index contributed by atoms with van der Waals surface area (Å²) in [5, 5.41) is 9.34. The molecule has 0 radical (unpaired) electrons. The van der Waals surface area contributed by atoms with Crippen molar-refractivity contribution in [3.8, 4) is 0 Å². The number of hydrogen-bond donors (Lipinski definition) is 1. The lowest BCUT2D eigenvalue weighted by Gasteiger charge is -2.06. The second kappa shape index (κ2) is 5.84. The first-order valence-electron chi connectivity index (χ1n) is 2.95. The molecule has 0 aliphatic rings. The summed E-state index contributed by atoms with van der Waals surface area (Å²) in [7, 11) is 1.40. The second-order valence-electron chi connectivity index (χ2n) is 1.79. The first-order valence-corrected chi connectivity index (χ1v) is 2.95. The van der Waals surface area contributed by atoms with Gasteiger partial charge in [-0.1, -0.05) is 6.58 Å². The van der Waals surface area contributed by atoms with Crippen LogP contribution in [0.1, 0.15) is 0 Å². The summed E-state index contributed by atoms with van der Waals surface area (Å²) in [4.78, 5) is 10.5. The summed E-state index contributed by atoms with van der Waals surface area (Å²) in [6, 6.07) is 0. The third-order valence-corrected chi connectivity index (χ3v) is 0.713. The van der Waals surface area contributed by atoms with E-state index in [0.717, 1.165) is 11.3 Å². The molecule has 5 nitrogen and oxygen atoms in total. The van der Waals surface area contributed by atoms with Crippen molar-refractivity contribution in [2.75, 3.05) is 20.4 Å². The van der Waals surface area contributed by atoms with Gasteiger partial charge in [-0.3, -0.25) is 0 Å². The highest BCUT2D eigenvalue weighted by Crippen LogP contribution is 1.82. The summed E-state index contributed by atoms with van der Waals surface area (Å²) < 4.78 is 8.99. The van der Waals surface area contributed by atoms with Crippen LogP contribution < -0.4 is 0 Å². The standard InChI is InChI=1S/C6H11NO4/c1-3-11-6(8)4-10-5-7(2)9/h3,9H,1,4-5H2,2H3. The molecule has 0 rings (SSSR count). The highest BCUT2D eigenvalue weighted by Gasteiger charge is 2.00. The zero-order valence-corrected chi connectivity index (χ0v) is 6.32. The number of carbonyl (C=O) groups is 1. The molecule has 0 aliphatic carbocycles. The molecule has 0 spiro atoms. The molecule has 5 heteroatoms. The largest absolute Gasteiger partial charge is 0.433 e. The second-order valence-corrected chi connectivity index (χ2v) is 1.79. The fraction of sp³-hybridized carbons (Fsp3) is 0.500. The number of rotatable bonds is 5. The Kier molecular flexibility index (Phi) is 5.36. The Hall–Kier alpha value is -0.910. The lowest BCUT2D eigenvalue weighted by atomic mass is 10.7. The van der Waals surface area contributed by atoms with Crippen molar-refractivity contribution in [2.24, 2.45) is 0 Å². The number of carbonyl (C=O) groups excluding carboxylic acids is 1. The summed E-state index contributed by atoms with van der Waals surface area (Å²) >= 11 is 0. The fourth-order valence-corrected chi connectivity index (χ4v) is 0.388. The highest BCUT2D eigenvalue weighted by molar-refractivity contribution is 5.71. The topological polar surface area (TPSA) is 59.0 Å². The van der Waals surface area contributed by atoms with E-state index in [0.29, 0.717) is 0 Å². The predicted molar refractivity (Wildman–Crippen MR) is 36.7 cm³/mol. The van der Waals surface area contributed by atoms with E-state index in [2.05, 4.69) is 16.1 Å². The molecule has 0 bridgehead atoms. The third kappa shape index (κ3) is 6.98. The van der Waals surface area contributed by atoms with Gasteiger partial charge in [0.05, 0.1) is 6.26 Å². The maximum Gasteiger partial charge on any atom is 0.336 e. The van der Waals surface area contributed by atoms with Crippen LogP contribution in [0.15, 0.2) is 12.8 Å². The molecular weight excluding hydrogens is 150 g/mol. The zero-order chi connectivity index (χ0) is 8.69. The Balaban J connectivity index is 3.24. The van der Waals surface area contributed by atoms with E-state index in [4.69, 9.17) is 5.21 Å². The average Bonchev–Trinajstić information content (AvgIpc) is 1.87. The SMILES string of the molecule is C=COC(=O)COCN(C)O. The molecule has 0 amide bonds. The highest BCUT2D eigenvalue weighted by atomic mass is 16.6. The number of ether oxygens (including phenoxy) is 2. The van der Waals surface area contributed by atoms with E-state index in [1.807, 2.05) is 0 Å². The van der Waals surface area contributed by atoms with Crippen LogP contribution in [-0.2, 0) is 14.3 Å². The lowest BCUT2D eigenvalue weighted by Crippen LogP contribution is -2.20. The van der Waals surface area contributed by atoms with Crippen molar-refractivity contribution in [3.63, 3.8) is 0 Å². The molecule has 0 saturated carbocycles. The van der Waals surface area contributed by atoms with Crippen LogP contribution >= 0.6 is 0 Å². The summed E-state index contributed by atoms with van der Waals surface area (Å²) in [5.74, 6) is -0.540. The minimum atomic E-state index is -0.540. The summed E-state index contributed by atoms with van der Waals surface area (Å²) in [6.45, 7) is 2.95. The smallest absolute Gasteiger partial charge is 0.336 e. The van der Waals surface area contributed by atoms with Gasteiger partial charge in [0, 0.05) is 7.05 Å². The number of esters is 1. The summed E-state index contributed by atoms with van der Waals surface area (Å²) in [5.41, 5.74) is 0. The van der Waals surface area contributed by atoms with Gasteiger partial charge < -0.3 is 14.7 Å². The van der Waals surface area contributed by atoms with Crippen molar-refractivity contribution in [2.45, 2.75) is 0 Å². The molecule has 1 N–H and O–H groups in total. The van der Waals surface area contributed by atoms with Crippen LogP contribution in [0.2, 0.25) is 0 Å². The van der Waals surface area contributed by atoms with Crippen LogP contribution in [-0.4, -0.2) is 36.6 Å². The number of hydroxylamine groups is 2. The first kappa shape index (κ1) is 10.1. The number of hydrogen-bond acceptors (Lipinski definition) is 5. The normalized spacial score (nSPS) is 9.73. The Morgan fingerprint density at radius 2 is 2.45 bits per heavy atom. The van der Waals surface area contributed by atoms with E-state index >= 15 is 0 Å². The molecule has 0 heterocycles. The lowest BCUT2D eigenvalue weighted by molar-refractivity contribution is -0.161. The van der Waals surface area contributed by atoms with Gasteiger partial charge in [-0.15, -0.1) is 0 Å². The van der Waals surface area contributed by atoms with E-state index in [-0.39, 0.29) is 13.3 Å². The van der Waals surface area contributed by atoms with Crippen LogP contribution in [0.3, 0.4) is 0 Å². The van der Waals surface area contributed by atoms with Gasteiger partial charge in [0.25, 0.3) is 0 Å². The molecule has 0 aliphatic heterocycles. The zero-order valence-electron chi connectivity index (χ0n) is 6.32. The van der Waals surface area contributed by atoms with Crippen molar-refractivity contribution in [1.82, 2.24) is 5.06 Å². The van der Waals surface area contributed by atoms with Gasteiger partial charge in [0.1, 0.15) is 13.3 Å². The minimum absolute atomic E-state index is 0.0355. The molecule has 11 heavy (non-hydrogen) atoms. The van der Waals surface area contributed by atoms with Gasteiger partial charge in [-0.05, 0) is 0 Å². The Morgan fingerprint density at radius 3 is 2.91 bits per heavy atom. The van der Waals surface area contributed by atoms with E-state index in [9.17, 15) is 4.79 Å².